The van der Waals surface area contributed by atoms with Crippen LogP contribution in [0, 0.1) is 0 Å². The van der Waals surface area contributed by atoms with Crippen LogP contribution >= 0.6 is 0 Å². The number of aliphatic hydroxyl groups excluding tert-OH is 1. The van der Waals surface area contributed by atoms with E-state index >= 15 is 0 Å². The van der Waals surface area contributed by atoms with Crippen LogP contribution in [-0.2, 0) is 4.79 Å². The van der Waals surface area contributed by atoms with E-state index in [9.17, 15) is 4.79 Å². The molecule has 0 bridgehead atoms. The van der Waals surface area contributed by atoms with Crippen molar-refractivity contribution in [1.82, 2.24) is 0 Å². The molecule has 0 fully saturated rings. The molecule has 0 radical (unpaired) electrons. The fraction of sp³-hybridized carbons (Fsp3) is 0.500. The molecule has 5 nitrogen and oxygen atoms in total. The Kier molecular flexibility index (Phi) is 1.84. The summed E-state index contributed by atoms with van der Waals surface area (Å²) >= 11 is 0. The predicted octanol–water partition coefficient (Wildman–Crippen LogP) is -0.184. The van der Waals surface area contributed by atoms with Crippen LogP contribution < -0.4 is 0 Å². The summed E-state index contributed by atoms with van der Waals surface area (Å²) in [5.74, 6) is -0.789. The summed E-state index contributed by atoms with van der Waals surface area (Å²) in [6.07, 6.45) is 0. The minimum atomic E-state index is -0.789. The van der Waals surface area contributed by atoms with Crippen molar-refractivity contribution in [3.8, 4) is 0 Å². The maximum Gasteiger partial charge on any atom is 0.244 e. The summed E-state index contributed by atoms with van der Waals surface area (Å²) in [5.41, 5.74) is 7.58. The SMILES string of the molecule is [2H]OCC(=O)N=[N+]=[N-]. The molecule has 0 aromatic heterocycles. The largest absolute Gasteiger partial charge is 0.388 e. The predicted molar refractivity (Wildman–Crippen MR) is 21.2 cm³/mol. The van der Waals surface area contributed by atoms with E-state index in [1.807, 2.05) is 0 Å². The van der Waals surface area contributed by atoms with Gasteiger partial charge in [0.1, 0.15) is 6.61 Å². The van der Waals surface area contributed by atoms with Crippen LogP contribution in [0.5, 0.6) is 0 Å². The highest BCUT2D eigenvalue weighted by molar-refractivity contribution is 5.77. The Morgan fingerprint density at radius 3 is 3.43 bits per heavy atom. The molecule has 0 aromatic rings. The molecule has 0 spiro atoms. The number of carbonyl (C=O) groups excluding carboxylic acids is 1. The van der Waals surface area contributed by atoms with Crippen molar-refractivity contribution in [2.75, 3.05) is 6.61 Å². The first kappa shape index (κ1) is 4.11. The van der Waals surface area contributed by atoms with Crippen molar-refractivity contribution in [2.24, 2.45) is 5.11 Å². The van der Waals surface area contributed by atoms with E-state index in [0.717, 1.165) is 0 Å². The maximum absolute atomic E-state index is 9.98. The normalized spacial score (nSPS) is 8.86. The van der Waals surface area contributed by atoms with E-state index in [-0.39, 0.29) is 0 Å². The van der Waals surface area contributed by atoms with E-state index in [2.05, 4.69) is 15.1 Å². The molecule has 7 heavy (non-hydrogen) atoms. The molecule has 0 aromatic carbocycles. The van der Waals surface area contributed by atoms with Gasteiger partial charge in [-0.25, -0.2) is 0 Å². The minimum Gasteiger partial charge on any atom is -0.388 e. The third-order valence-electron chi connectivity index (χ3n) is 0.280. The summed E-state index contributed by atoms with van der Waals surface area (Å²) in [7, 11) is 0. The van der Waals surface area contributed by atoms with Crippen molar-refractivity contribution in [3.63, 3.8) is 0 Å². The Bertz CT molecular complexity index is 129. The molecule has 0 unspecified atom stereocenters. The second kappa shape index (κ2) is 3.14. The van der Waals surface area contributed by atoms with Gasteiger partial charge in [0.2, 0.25) is 7.34 Å². The zero-order valence-electron chi connectivity index (χ0n) is 4.37. The lowest BCUT2D eigenvalue weighted by Gasteiger charge is -1.74. The molecule has 0 saturated heterocycles. The number of amides is 1. The van der Waals surface area contributed by atoms with Gasteiger partial charge in [-0.2, -0.15) is 0 Å². The Hall–Kier alpha value is -1.06. The number of aliphatic hydroxyl groups is 1. The first-order chi connectivity index (χ1) is 3.81. The molecule has 38 valence electrons. The summed E-state index contributed by atoms with van der Waals surface area (Å²) < 4.78 is 6.01. The van der Waals surface area contributed by atoms with Crippen molar-refractivity contribution in [3.05, 3.63) is 10.4 Å². The lowest BCUT2D eigenvalue weighted by molar-refractivity contribution is -0.120. The second-order valence-electron chi connectivity index (χ2n) is 0.728. The van der Waals surface area contributed by atoms with Gasteiger partial charge in [0.05, 0.1) is 0 Å². The fourth-order valence-corrected chi connectivity index (χ4v) is 0.0787. The number of hydrogen-bond acceptors (Lipinski definition) is 2. The lowest BCUT2D eigenvalue weighted by Crippen LogP contribution is -1.95. The number of azide groups is 1. The van der Waals surface area contributed by atoms with Crippen molar-refractivity contribution >= 4 is 5.91 Å². The zero-order valence-corrected chi connectivity index (χ0v) is 3.37. The highest BCUT2D eigenvalue weighted by Gasteiger charge is 1.87. The molecule has 0 heterocycles. The zero-order chi connectivity index (χ0) is 6.41. The average Bonchev–Trinajstić information content (AvgIpc) is 1.68. The van der Waals surface area contributed by atoms with Crippen molar-refractivity contribution < 1.29 is 9.90 Å². The number of carbonyl (C=O) groups is 1. The van der Waals surface area contributed by atoms with Crippen LogP contribution in [0.2, 0.25) is 0 Å². The van der Waals surface area contributed by atoms with Gasteiger partial charge in [-0.1, -0.05) is 0 Å². The minimum absolute atomic E-state index is 0.482. The highest BCUT2D eigenvalue weighted by atomic mass is 16.3. The van der Waals surface area contributed by atoms with E-state index in [0.29, 0.717) is 0 Å². The third kappa shape index (κ3) is 2.75. The van der Waals surface area contributed by atoms with Crippen LogP contribution in [0.1, 0.15) is 0 Å². The van der Waals surface area contributed by atoms with Crippen LogP contribution in [-0.4, -0.2) is 19.1 Å². The van der Waals surface area contributed by atoms with Gasteiger partial charge in [0.25, 0.3) is 0 Å². The van der Waals surface area contributed by atoms with Gasteiger partial charge >= 0.3 is 0 Å². The van der Waals surface area contributed by atoms with Gasteiger partial charge < -0.3 is 5.11 Å². The monoisotopic (exact) mass is 102 g/mol. The smallest absolute Gasteiger partial charge is 0.244 e. The van der Waals surface area contributed by atoms with E-state index < -0.39 is 12.5 Å². The molecule has 0 aliphatic heterocycles. The molecular weight excluding hydrogens is 98.0 g/mol. The van der Waals surface area contributed by atoms with Crippen LogP contribution in [0.3, 0.4) is 0 Å². The number of nitrogens with zero attached hydrogens (tertiary/aromatic N) is 3. The van der Waals surface area contributed by atoms with E-state index in [1.165, 1.54) is 0 Å². The Labute approximate surface area is 40.7 Å². The van der Waals surface area contributed by atoms with Crippen LogP contribution in [0.4, 0.5) is 0 Å². The first-order valence-electron chi connectivity index (χ1n) is 1.88. The van der Waals surface area contributed by atoms with E-state index in [4.69, 9.17) is 6.96 Å². The van der Waals surface area contributed by atoms with Gasteiger partial charge in [0, 0.05) is 4.91 Å². The molecule has 0 rings (SSSR count). The van der Waals surface area contributed by atoms with Gasteiger partial charge in [0.15, 0.2) is 0 Å². The van der Waals surface area contributed by atoms with Gasteiger partial charge in [-0.15, -0.1) is 0 Å². The Balaban J connectivity index is 3.49. The van der Waals surface area contributed by atoms with E-state index in [1.54, 1.807) is 0 Å². The topological polar surface area (TPSA) is 86.1 Å². The average molecular weight is 102 g/mol. The fourth-order valence-electron chi connectivity index (χ4n) is 0.0787. The quantitative estimate of drug-likeness (QED) is 0.297. The Morgan fingerprint density at radius 2 is 3.00 bits per heavy atom. The summed E-state index contributed by atoms with van der Waals surface area (Å²) in [6, 6.07) is 0. The Morgan fingerprint density at radius 1 is 2.29 bits per heavy atom. The second-order valence-corrected chi connectivity index (χ2v) is 0.728. The number of rotatable bonds is 2. The molecule has 5 heteroatoms. The first-order valence-corrected chi connectivity index (χ1v) is 1.47. The van der Waals surface area contributed by atoms with Crippen LogP contribution in [0.25, 0.3) is 10.4 Å². The lowest BCUT2D eigenvalue weighted by atomic mass is 10.7. The molecule has 0 saturated carbocycles. The van der Waals surface area contributed by atoms with Crippen molar-refractivity contribution in [1.29, 1.82) is 1.43 Å². The molecule has 1 N–H and O–H groups in total. The molecule has 0 aliphatic carbocycles. The molecule has 0 atom stereocenters. The summed E-state index contributed by atoms with van der Waals surface area (Å²) in [5, 5.41) is 6.20. The number of hydrogen-bond donors (Lipinski definition) is 1. The third-order valence-corrected chi connectivity index (χ3v) is 0.280. The maximum atomic E-state index is 9.98. The molecular formula is C2H3N3O2. The van der Waals surface area contributed by atoms with Gasteiger partial charge in [-0.05, 0) is 10.6 Å². The highest BCUT2D eigenvalue weighted by Crippen LogP contribution is 1.69. The molecule has 0 aliphatic rings. The summed E-state index contributed by atoms with van der Waals surface area (Å²) in [6.45, 7) is -0.482. The van der Waals surface area contributed by atoms with Crippen molar-refractivity contribution in [2.45, 2.75) is 0 Å². The standard InChI is InChI=1S/C2H3N3O2/c3-5-4-2(7)1-6/h6H,1H2/i6D. The van der Waals surface area contributed by atoms with Gasteiger partial charge in [-0.3, -0.25) is 4.79 Å². The molecule has 1 amide bonds. The summed E-state index contributed by atoms with van der Waals surface area (Å²) in [4.78, 5) is 12.1. The van der Waals surface area contributed by atoms with Crippen LogP contribution in [0.15, 0.2) is 5.11 Å².